The molecule has 0 aliphatic carbocycles. The number of aromatic amines is 1. The molecule has 1 rings (SSSR count). The van der Waals surface area contributed by atoms with Gasteiger partial charge in [-0.2, -0.15) is 5.10 Å². The van der Waals surface area contributed by atoms with E-state index in [1.165, 1.54) is 0 Å². The van der Waals surface area contributed by atoms with Crippen LogP contribution in [0, 0.1) is 4.77 Å². The van der Waals surface area contributed by atoms with Gasteiger partial charge in [-0.1, -0.05) is 0 Å². The zero-order valence-electron chi connectivity index (χ0n) is 7.19. The topological polar surface area (TPSA) is 70.9 Å². The summed E-state index contributed by atoms with van der Waals surface area (Å²) in [7, 11) is -0.859. The van der Waals surface area contributed by atoms with E-state index in [0.29, 0.717) is 22.9 Å². The number of aliphatic hydroxyl groups is 1. The predicted octanol–water partition coefficient (Wildman–Crippen LogP) is -0.189. The molecule has 0 aliphatic heterocycles. The number of nitrogens with one attached hydrogen (secondary N) is 1. The first-order chi connectivity index (χ1) is 6.15. The van der Waals surface area contributed by atoms with Crippen molar-refractivity contribution in [1.29, 1.82) is 0 Å². The van der Waals surface area contributed by atoms with Gasteiger partial charge in [0.2, 0.25) is 0 Å². The number of hydrogen-bond acceptors (Lipinski definition) is 4. The van der Waals surface area contributed by atoms with Crippen molar-refractivity contribution in [3.05, 3.63) is 10.6 Å². The molecule has 7 heteroatoms. The standard InChI is InChI=1S/C6H11N3O2S2/c1-13(11)3-2-9-5(4-10)7-8-6(9)12/h10H,2-4H2,1H3,(H,8,12). The van der Waals surface area contributed by atoms with Gasteiger partial charge in [0.25, 0.3) is 0 Å². The Kier molecular flexibility index (Phi) is 3.76. The van der Waals surface area contributed by atoms with Gasteiger partial charge in [-0.25, -0.2) is 0 Å². The smallest absolute Gasteiger partial charge is 0.195 e. The Balaban J connectivity index is 2.79. The summed E-state index contributed by atoms with van der Waals surface area (Å²) in [5, 5.41) is 15.2. The zero-order valence-corrected chi connectivity index (χ0v) is 8.82. The van der Waals surface area contributed by atoms with Gasteiger partial charge in [-0.05, 0) is 12.2 Å². The summed E-state index contributed by atoms with van der Waals surface area (Å²) in [5.41, 5.74) is 0. The maximum absolute atomic E-state index is 10.8. The van der Waals surface area contributed by atoms with Gasteiger partial charge in [-0.3, -0.25) is 9.31 Å². The van der Waals surface area contributed by atoms with Crippen LogP contribution in [0.2, 0.25) is 0 Å². The van der Waals surface area contributed by atoms with Crippen molar-refractivity contribution in [1.82, 2.24) is 14.8 Å². The molecule has 0 amide bonds. The average molecular weight is 221 g/mol. The van der Waals surface area contributed by atoms with E-state index >= 15 is 0 Å². The van der Waals surface area contributed by atoms with Crippen molar-refractivity contribution in [3.63, 3.8) is 0 Å². The monoisotopic (exact) mass is 221 g/mol. The summed E-state index contributed by atoms with van der Waals surface area (Å²) in [6.07, 6.45) is 1.63. The molecule has 13 heavy (non-hydrogen) atoms. The van der Waals surface area contributed by atoms with E-state index in [1.54, 1.807) is 10.8 Å². The van der Waals surface area contributed by atoms with Crippen LogP contribution in [0.4, 0.5) is 0 Å². The lowest BCUT2D eigenvalue weighted by molar-refractivity contribution is 0.265. The van der Waals surface area contributed by atoms with E-state index in [4.69, 9.17) is 17.3 Å². The van der Waals surface area contributed by atoms with Crippen LogP contribution in [0.25, 0.3) is 0 Å². The third-order valence-electron chi connectivity index (χ3n) is 1.58. The molecular weight excluding hydrogens is 210 g/mol. The van der Waals surface area contributed by atoms with Crippen LogP contribution in [0.5, 0.6) is 0 Å². The lowest BCUT2D eigenvalue weighted by Crippen LogP contribution is -2.10. The minimum Gasteiger partial charge on any atom is -0.388 e. The third kappa shape index (κ3) is 2.71. The molecule has 0 saturated carbocycles. The van der Waals surface area contributed by atoms with Crippen LogP contribution in [0.3, 0.4) is 0 Å². The highest BCUT2D eigenvalue weighted by molar-refractivity contribution is 7.84. The van der Waals surface area contributed by atoms with Gasteiger partial charge in [-0.15, -0.1) is 0 Å². The molecule has 1 aromatic heterocycles. The van der Waals surface area contributed by atoms with E-state index in [9.17, 15) is 4.21 Å². The van der Waals surface area contributed by atoms with Crippen molar-refractivity contribution in [2.75, 3.05) is 12.0 Å². The van der Waals surface area contributed by atoms with E-state index < -0.39 is 10.8 Å². The Bertz CT molecular complexity index is 357. The highest BCUT2D eigenvalue weighted by Gasteiger charge is 2.04. The number of aliphatic hydroxyl groups excluding tert-OH is 1. The minimum absolute atomic E-state index is 0.163. The fourth-order valence-electron chi connectivity index (χ4n) is 0.921. The normalized spacial score (nSPS) is 13.1. The molecule has 0 aliphatic rings. The van der Waals surface area contributed by atoms with Crippen LogP contribution in [0.1, 0.15) is 5.82 Å². The highest BCUT2D eigenvalue weighted by Crippen LogP contribution is 1.97. The van der Waals surface area contributed by atoms with Gasteiger partial charge >= 0.3 is 0 Å². The van der Waals surface area contributed by atoms with E-state index in [2.05, 4.69) is 10.2 Å². The number of aromatic nitrogens is 3. The first kappa shape index (κ1) is 10.6. The first-order valence-corrected chi connectivity index (χ1v) is 5.83. The summed E-state index contributed by atoms with van der Waals surface area (Å²) >= 11 is 4.93. The molecular formula is C6H11N3O2S2. The van der Waals surface area contributed by atoms with Gasteiger partial charge in [0.1, 0.15) is 6.61 Å². The van der Waals surface area contributed by atoms with Crippen molar-refractivity contribution in [2.45, 2.75) is 13.2 Å². The second-order valence-electron chi connectivity index (χ2n) is 2.53. The van der Waals surface area contributed by atoms with Crippen LogP contribution < -0.4 is 0 Å². The summed E-state index contributed by atoms with van der Waals surface area (Å²) in [5.74, 6) is 0.997. The Morgan fingerprint density at radius 1 is 1.77 bits per heavy atom. The minimum atomic E-state index is -0.859. The molecule has 5 nitrogen and oxygen atoms in total. The van der Waals surface area contributed by atoms with Crippen molar-refractivity contribution in [3.8, 4) is 0 Å². The summed E-state index contributed by atoms with van der Waals surface area (Å²) in [4.78, 5) is 0. The van der Waals surface area contributed by atoms with Gasteiger partial charge in [0.05, 0.1) is 0 Å². The van der Waals surface area contributed by atoms with Gasteiger partial charge < -0.3 is 9.67 Å². The van der Waals surface area contributed by atoms with E-state index in [-0.39, 0.29) is 6.61 Å². The highest BCUT2D eigenvalue weighted by atomic mass is 32.2. The zero-order chi connectivity index (χ0) is 9.84. The lowest BCUT2D eigenvalue weighted by Gasteiger charge is -2.02. The Labute approximate surface area is 83.2 Å². The first-order valence-electron chi connectivity index (χ1n) is 3.70. The SMILES string of the molecule is CS(=O)CCn1c(CO)n[nH]c1=S. The number of nitrogens with zero attached hydrogens (tertiary/aromatic N) is 2. The molecule has 0 saturated heterocycles. The second-order valence-corrected chi connectivity index (χ2v) is 4.47. The van der Waals surface area contributed by atoms with Crippen LogP contribution >= 0.6 is 12.2 Å². The predicted molar refractivity (Wildman–Crippen MR) is 52.3 cm³/mol. The molecule has 0 aromatic carbocycles. The number of hydrogen-bond donors (Lipinski definition) is 2. The lowest BCUT2D eigenvalue weighted by atomic mass is 10.6. The number of rotatable bonds is 4. The molecule has 74 valence electrons. The second kappa shape index (κ2) is 4.64. The summed E-state index contributed by atoms with van der Waals surface area (Å²) in [6.45, 7) is 0.359. The fraction of sp³-hybridized carbons (Fsp3) is 0.667. The molecule has 0 radical (unpaired) electrons. The molecule has 2 N–H and O–H groups in total. The van der Waals surface area contributed by atoms with Crippen molar-refractivity contribution < 1.29 is 9.32 Å². The van der Waals surface area contributed by atoms with Gasteiger partial charge in [0, 0.05) is 29.4 Å². The van der Waals surface area contributed by atoms with Crippen LogP contribution in [-0.2, 0) is 24.0 Å². The molecule has 1 heterocycles. The molecule has 0 spiro atoms. The Morgan fingerprint density at radius 3 is 3.00 bits per heavy atom. The quantitative estimate of drug-likeness (QED) is 0.691. The van der Waals surface area contributed by atoms with Gasteiger partial charge in [0.15, 0.2) is 10.6 Å². The summed E-state index contributed by atoms with van der Waals surface area (Å²) in [6, 6.07) is 0. The van der Waals surface area contributed by atoms with Crippen molar-refractivity contribution in [2.24, 2.45) is 0 Å². The van der Waals surface area contributed by atoms with E-state index in [1.807, 2.05) is 0 Å². The fourth-order valence-corrected chi connectivity index (χ4v) is 1.60. The number of H-pyrrole nitrogens is 1. The molecule has 1 atom stereocenters. The summed E-state index contributed by atoms with van der Waals surface area (Å²) < 4.78 is 12.9. The van der Waals surface area contributed by atoms with Crippen LogP contribution in [-0.4, -0.2) is 36.1 Å². The molecule has 1 unspecified atom stereocenters. The maximum atomic E-state index is 10.8. The maximum Gasteiger partial charge on any atom is 0.195 e. The average Bonchev–Trinajstić information content (AvgIpc) is 2.43. The molecule has 0 fully saturated rings. The Morgan fingerprint density at radius 2 is 2.46 bits per heavy atom. The largest absolute Gasteiger partial charge is 0.388 e. The van der Waals surface area contributed by atoms with Crippen molar-refractivity contribution >= 4 is 23.0 Å². The third-order valence-corrected chi connectivity index (χ3v) is 2.65. The molecule has 1 aromatic rings. The molecule has 0 bridgehead atoms. The van der Waals surface area contributed by atoms with E-state index in [0.717, 1.165) is 0 Å². The Hall–Kier alpha value is -0.530. The van der Waals surface area contributed by atoms with Crippen LogP contribution in [0.15, 0.2) is 0 Å².